The van der Waals surface area contributed by atoms with E-state index in [1.807, 2.05) is 0 Å². The quantitative estimate of drug-likeness (QED) is 0.921. The summed E-state index contributed by atoms with van der Waals surface area (Å²) in [7, 11) is 1.72. The maximum absolute atomic E-state index is 5.26. The molecule has 1 atom stereocenters. The number of piperazine rings is 1. The third-order valence-corrected chi connectivity index (χ3v) is 5.22. The molecule has 1 saturated carbocycles. The zero-order valence-corrected chi connectivity index (χ0v) is 13.8. The predicted molar refractivity (Wildman–Crippen MR) is 86.6 cm³/mol. The van der Waals surface area contributed by atoms with E-state index >= 15 is 0 Å². The van der Waals surface area contributed by atoms with E-state index in [2.05, 4.69) is 55.3 Å². The second-order valence-corrected chi connectivity index (χ2v) is 7.57. The summed E-state index contributed by atoms with van der Waals surface area (Å²) in [4.78, 5) is 2.70. The van der Waals surface area contributed by atoms with Crippen molar-refractivity contribution < 1.29 is 4.74 Å². The van der Waals surface area contributed by atoms with E-state index in [0.717, 1.165) is 31.3 Å². The van der Waals surface area contributed by atoms with Crippen LogP contribution in [0.4, 0.5) is 0 Å². The zero-order valence-electron chi connectivity index (χ0n) is 13.8. The van der Waals surface area contributed by atoms with E-state index in [9.17, 15) is 0 Å². The van der Waals surface area contributed by atoms with Gasteiger partial charge >= 0.3 is 0 Å². The molecule has 0 spiro atoms. The first-order chi connectivity index (χ1) is 9.93. The lowest BCUT2D eigenvalue weighted by Crippen LogP contribution is -2.67. The predicted octanol–water partition coefficient (Wildman–Crippen LogP) is 3.05. The fraction of sp³-hybridized carbons (Fsp3) is 0.667. The molecule has 2 aliphatic rings. The molecular weight excluding hydrogens is 260 g/mol. The van der Waals surface area contributed by atoms with Crippen LogP contribution in [0.3, 0.4) is 0 Å². The van der Waals surface area contributed by atoms with Crippen LogP contribution < -0.4 is 10.1 Å². The molecule has 1 aliphatic carbocycles. The Morgan fingerprint density at radius 3 is 2.43 bits per heavy atom. The van der Waals surface area contributed by atoms with E-state index in [-0.39, 0.29) is 5.54 Å². The van der Waals surface area contributed by atoms with E-state index < -0.39 is 0 Å². The molecule has 3 rings (SSSR count). The molecule has 21 heavy (non-hydrogen) atoms. The topological polar surface area (TPSA) is 24.5 Å². The lowest BCUT2D eigenvalue weighted by atomic mass is 9.85. The second-order valence-electron chi connectivity index (χ2n) is 7.57. The molecule has 1 saturated heterocycles. The van der Waals surface area contributed by atoms with E-state index in [4.69, 9.17) is 4.74 Å². The van der Waals surface area contributed by atoms with Crippen molar-refractivity contribution in [3.8, 4) is 5.75 Å². The Balaban J connectivity index is 1.78. The van der Waals surface area contributed by atoms with Crippen LogP contribution in [0.1, 0.15) is 39.2 Å². The second kappa shape index (κ2) is 5.29. The van der Waals surface area contributed by atoms with Crippen LogP contribution in [0.25, 0.3) is 0 Å². The van der Waals surface area contributed by atoms with E-state index in [1.54, 1.807) is 7.11 Å². The van der Waals surface area contributed by atoms with Gasteiger partial charge in [-0.3, -0.25) is 4.90 Å². The van der Waals surface area contributed by atoms with Gasteiger partial charge in [0.25, 0.3) is 0 Å². The van der Waals surface area contributed by atoms with Crippen molar-refractivity contribution in [2.75, 3.05) is 20.2 Å². The first-order valence-electron chi connectivity index (χ1n) is 8.06. The molecule has 1 N–H and O–H groups in total. The highest BCUT2D eigenvalue weighted by molar-refractivity contribution is 5.27. The van der Waals surface area contributed by atoms with Crippen molar-refractivity contribution in [1.29, 1.82) is 0 Å². The monoisotopic (exact) mass is 288 g/mol. The van der Waals surface area contributed by atoms with Crippen LogP contribution >= 0.6 is 0 Å². The SMILES string of the molecule is COc1ccc(CN2CC(C)(C)NCC2(C)C2CC2)cc1. The van der Waals surface area contributed by atoms with Crippen LogP contribution in [-0.2, 0) is 6.54 Å². The van der Waals surface area contributed by atoms with Gasteiger partial charge in [-0.05, 0) is 57.2 Å². The summed E-state index contributed by atoms with van der Waals surface area (Å²) in [6.07, 6.45) is 2.77. The van der Waals surface area contributed by atoms with Crippen LogP contribution in [0.5, 0.6) is 5.75 Å². The summed E-state index contributed by atoms with van der Waals surface area (Å²) < 4.78 is 5.26. The summed E-state index contributed by atoms with van der Waals surface area (Å²) in [5, 5.41) is 3.74. The van der Waals surface area contributed by atoms with E-state index in [1.165, 1.54) is 18.4 Å². The highest BCUT2D eigenvalue weighted by Gasteiger charge is 2.49. The lowest BCUT2D eigenvalue weighted by molar-refractivity contribution is 0.00520. The number of ether oxygens (including phenoxy) is 1. The summed E-state index contributed by atoms with van der Waals surface area (Å²) >= 11 is 0. The van der Waals surface area contributed by atoms with Crippen LogP contribution in [0, 0.1) is 5.92 Å². The smallest absolute Gasteiger partial charge is 0.118 e. The summed E-state index contributed by atoms with van der Waals surface area (Å²) in [6, 6.07) is 8.52. The van der Waals surface area contributed by atoms with Gasteiger partial charge in [0.05, 0.1) is 7.11 Å². The molecule has 1 heterocycles. The summed E-state index contributed by atoms with van der Waals surface area (Å²) in [5.74, 6) is 1.80. The Bertz CT molecular complexity index is 492. The number of hydrogen-bond acceptors (Lipinski definition) is 3. The number of methoxy groups -OCH3 is 1. The Morgan fingerprint density at radius 1 is 1.19 bits per heavy atom. The Morgan fingerprint density at radius 2 is 1.86 bits per heavy atom. The molecule has 0 bridgehead atoms. The van der Waals surface area contributed by atoms with Gasteiger partial charge in [-0.2, -0.15) is 0 Å². The van der Waals surface area contributed by atoms with Crippen LogP contribution in [-0.4, -0.2) is 36.2 Å². The summed E-state index contributed by atoms with van der Waals surface area (Å²) in [6.45, 7) is 10.3. The Hall–Kier alpha value is -1.06. The minimum atomic E-state index is 0.195. The van der Waals surface area contributed by atoms with Gasteiger partial charge in [0.15, 0.2) is 0 Å². The third kappa shape index (κ3) is 3.09. The van der Waals surface area contributed by atoms with E-state index in [0.29, 0.717) is 5.54 Å². The van der Waals surface area contributed by atoms with Gasteiger partial charge in [-0.15, -0.1) is 0 Å². The molecule has 3 heteroatoms. The fourth-order valence-electron chi connectivity index (χ4n) is 3.54. The average Bonchev–Trinajstić information content (AvgIpc) is 3.29. The first-order valence-corrected chi connectivity index (χ1v) is 8.06. The van der Waals surface area contributed by atoms with Crippen LogP contribution in [0.15, 0.2) is 24.3 Å². The first kappa shape index (κ1) is 14.9. The fourth-order valence-corrected chi connectivity index (χ4v) is 3.54. The number of benzene rings is 1. The standard InChI is InChI=1S/C18H28N2O/c1-17(2)13-20(18(3,12-19-17)15-7-8-15)11-14-5-9-16(21-4)10-6-14/h5-6,9-10,15,19H,7-8,11-13H2,1-4H3. The highest BCUT2D eigenvalue weighted by atomic mass is 16.5. The average molecular weight is 288 g/mol. The molecule has 2 fully saturated rings. The van der Waals surface area contributed by atoms with Gasteiger partial charge in [-0.1, -0.05) is 12.1 Å². The van der Waals surface area contributed by atoms with Crippen molar-refractivity contribution >= 4 is 0 Å². The maximum Gasteiger partial charge on any atom is 0.118 e. The molecule has 0 amide bonds. The molecule has 3 nitrogen and oxygen atoms in total. The van der Waals surface area contributed by atoms with Crippen molar-refractivity contribution in [3.05, 3.63) is 29.8 Å². The molecular formula is C18H28N2O. The van der Waals surface area contributed by atoms with Crippen molar-refractivity contribution in [1.82, 2.24) is 10.2 Å². The molecule has 0 radical (unpaired) electrons. The van der Waals surface area contributed by atoms with Gasteiger partial charge in [0, 0.05) is 30.7 Å². The Labute approximate surface area is 128 Å². The van der Waals surface area contributed by atoms with Gasteiger partial charge in [0.1, 0.15) is 5.75 Å². The largest absolute Gasteiger partial charge is 0.497 e. The highest BCUT2D eigenvalue weighted by Crippen LogP contribution is 2.45. The summed E-state index contributed by atoms with van der Waals surface area (Å²) in [5.41, 5.74) is 1.87. The number of rotatable bonds is 4. The molecule has 0 aromatic heterocycles. The lowest BCUT2D eigenvalue weighted by Gasteiger charge is -2.52. The van der Waals surface area contributed by atoms with Gasteiger partial charge < -0.3 is 10.1 Å². The van der Waals surface area contributed by atoms with Crippen LogP contribution in [0.2, 0.25) is 0 Å². The number of hydrogen-bond donors (Lipinski definition) is 1. The van der Waals surface area contributed by atoms with Gasteiger partial charge in [0.2, 0.25) is 0 Å². The molecule has 1 unspecified atom stereocenters. The molecule has 1 aliphatic heterocycles. The maximum atomic E-state index is 5.26. The number of nitrogens with zero attached hydrogens (tertiary/aromatic N) is 1. The molecule has 1 aromatic carbocycles. The van der Waals surface area contributed by atoms with Gasteiger partial charge in [-0.25, -0.2) is 0 Å². The van der Waals surface area contributed by atoms with Crippen molar-refractivity contribution in [2.45, 2.75) is 51.2 Å². The third-order valence-electron chi connectivity index (χ3n) is 5.22. The molecule has 116 valence electrons. The zero-order chi connectivity index (χ0) is 15.1. The minimum absolute atomic E-state index is 0.195. The van der Waals surface area contributed by atoms with Crippen molar-refractivity contribution in [3.63, 3.8) is 0 Å². The normalized spacial score (nSPS) is 29.3. The molecule has 1 aromatic rings. The Kier molecular flexibility index (Phi) is 3.74. The minimum Gasteiger partial charge on any atom is -0.497 e. The number of nitrogens with one attached hydrogen (secondary N) is 1. The van der Waals surface area contributed by atoms with Crippen molar-refractivity contribution in [2.24, 2.45) is 5.92 Å².